The average Bonchev–Trinajstić information content (AvgIpc) is 2.62. The molecule has 0 atom stereocenters. The molecule has 5 nitrogen and oxygen atoms in total. The van der Waals surface area contributed by atoms with Gasteiger partial charge in [0, 0.05) is 11.8 Å². The molecule has 0 bridgehead atoms. The van der Waals surface area contributed by atoms with Gasteiger partial charge in [-0.25, -0.2) is 4.79 Å². The van der Waals surface area contributed by atoms with E-state index in [0.717, 1.165) is 0 Å². The van der Waals surface area contributed by atoms with Crippen LogP contribution in [0.1, 0.15) is 22.8 Å². The number of methoxy groups -OCH3 is 1. The second kappa shape index (κ2) is 7.87. The predicted octanol–water partition coefficient (Wildman–Crippen LogP) is 3.73. The van der Waals surface area contributed by atoms with E-state index >= 15 is 0 Å². The Kier molecular flexibility index (Phi) is 5.63. The van der Waals surface area contributed by atoms with E-state index in [1.165, 1.54) is 20.2 Å². The highest BCUT2D eigenvalue weighted by Gasteiger charge is 2.13. The summed E-state index contributed by atoms with van der Waals surface area (Å²) in [4.78, 5) is 27.8. The Bertz CT molecular complexity index is 807. The molecule has 5 heteroatoms. The Hall–Kier alpha value is -3.21. The summed E-state index contributed by atoms with van der Waals surface area (Å²) >= 11 is 0. The van der Waals surface area contributed by atoms with Crippen molar-refractivity contribution in [3.05, 3.63) is 71.3 Å². The molecule has 2 aromatic rings. The predicted molar refractivity (Wildman–Crippen MR) is 92.6 cm³/mol. The van der Waals surface area contributed by atoms with Crippen molar-refractivity contribution >= 4 is 29.4 Å². The van der Waals surface area contributed by atoms with Crippen molar-refractivity contribution in [3.8, 4) is 0 Å². The van der Waals surface area contributed by atoms with Crippen molar-refractivity contribution in [2.45, 2.75) is 6.92 Å². The molecule has 0 aliphatic carbocycles. The van der Waals surface area contributed by atoms with Crippen molar-refractivity contribution in [1.29, 1.82) is 0 Å². The highest BCUT2D eigenvalue weighted by atomic mass is 16.5. The van der Waals surface area contributed by atoms with E-state index in [-0.39, 0.29) is 22.7 Å². The number of aliphatic imine (C=N–C) groups is 1. The number of benzene rings is 2. The third-order valence-corrected chi connectivity index (χ3v) is 3.32. The van der Waals surface area contributed by atoms with Gasteiger partial charge in [-0.1, -0.05) is 42.5 Å². The van der Waals surface area contributed by atoms with Crippen LogP contribution in [-0.2, 0) is 9.53 Å². The van der Waals surface area contributed by atoms with Crippen LogP contribution < -0.4 is 0 Å². The molecule has 0 saturated heterocycles. The molecule has 0 aromatic heterocycles. The number of carbonyl (C=O) groups excluding carboxylic acids is 2. The lowest BCUT2D eigenvalue weighted by Crippen LogP contribution is -2.04. The highest BCUT2D eigenvalue weighted by molar-refractivity contribution is 6.17. The van der Waals surface area contributed by atoms with E-state index in [1.54, 1.807) is 48.5 Å². The molecule has 0 unspecified atom stereocenters. The Labute approximate surface area is 139 Å². The Morgan fingerprint density at radius 3 is 2.29 bits per heavy atom. The van der Waals surface area contributed by atoms with Gasteiger partial charge in [-0.05, 0) is 19.1 Å². The van der Waals surface area contributed by atoms with Crippen molar-refractivity contribution in [1.82, 2.24) is 0 Å². The molecule has 0 radical (unpaired) electrons. The quantitative estimate of drug-likeness (QED) is 0.394. The van der Waals surface area contributed by atoms with Crippen LogP contribution in [-0.4, -0.2) is 30.2 Å². The number of ketones is 1. The van der Waals surface area contributed by atoms with Crippen LogP contribution in [0.2, 0.25) is 0 Å². The number of rotatable bonds is 5. The summed E-state index contributed by atoms with van der Waals surface area (Å²) in [5.41, 5.74) is 1.19. The molecule has 122 valence electrons. The molecular weight excluding hydrogens is 306 g/mol. The first kappa shape index (κ1) is 17.1. The van der Waals surface area contributed by atoms with Gasteiger partial charge in [0.15, 0.2) is 5.78 Å². The number of aliphatic hydroxyl groups excluding tert-OH is 1. The molecule has 0 heterocycles. The molecule has 2 rings (SSSR count). The van der Waals surface area contributed by atoms with Gasteiger partial charge in [-0.2, -0.15) is 0 Å². The largest absolute Gasteiger partial charge is 0.507 e. The third-order valence-electron chi connectivity index (χ3n) is 3.32. The number of Topliss-reactive ketones (excluding diaryl/α,β-unsaturated/α-hetero) is 1. The van der Waals surface area contributed by atoms with E-state index < -0.39 is 5.97 Å². The fourth-order valence-corrected chi connectivity index (χ4v) is 2.07. The monoisotopic (exact) mass is 323 g/mol. The van der Waals surface area contributed by atoms with Crippen LogP contribution in [0, 0.1) is 0 Å². The van der Waals surface area contributed by atoms with Gasteiger partial charge in [0.25, 0.3) is 0 Å². The zero-order chi connectivity index (χ0) is 17.5. The molecule has 0 fully saturated rings. The van der Waals surface area contributed by atoms with E-state index in [2.05, 4.69) is 4.99 Å². The van der Waals surface area contributed by atoms with Crippen molar-refractivity contribution in [3.63, 3.8) is 0 Å². The first-order chi connectivity index (χ1) is 11.5. The standard InChI is InChI=1S/C19H17NO4/c1-13(21)16(18(22)14-8-4-3-5-9-14)12-20-17-11-7-6-10-15(17)19(23)24-2/h3-12,22H,1-2H3. The summed E-state index contributed by atoms with van der Waals surface area (Å²) in [6, 6.07) is 15.3. The Morgan fingerprint density at radius 1 is 1.04 bits per heavy atom. The fraction of sp³-hybridized carbons (Fsp3) is 0.105. The molecule has 0 amide bonds. The van der Waals surface area contributed by atoms with Crippen LogP contribution >= 0.6 is 0 Å². The molecule has 0 spiro atoms. The second-order valence-corrected chi connectivity index (χ2v) is 4.95. The number of allylic oxidation sites excluding steroid dienone is 1. The number of aliphatic hydroxyl groups is 1. The Balaban J connectivity index is 2.45. The van der Waals surface area contributed by atoms with Crippen LogP contribution in [0.15, 0.2) is 65.2 Å². The molecule has 1 N–H and O–H groups in total. The number of carbonyl (C=O) groups is 2. The summed E-state index contributed by atoms with van der Waals surface area (Å²) in [6.07, 6.45) is 1.26. The number of para-hydroxylation sites is 1. The van der Waals surface area contributed by atoms with Gasteiger partial charge >= 0.3 is 5.97 Å². The van der Waals surface area contributed by atoms with Crippen LogP contribution in [0.3, 0.4) is 0 Å². The zero-order valence-corrected chi connectivity index (χ0v) is 13.4. The number of hydrogen-bond donors (Lipinski definition) is 1. The van der Waals surface area contributed by atoms with Gasteiger partial charge in [-0.15, -0.1) is 0 Å². The lowest BCUT2D eigenvalue weighted by molar-refractivity contribution is -0.113. The first-order valence-electron chi connectivity index (χ1n) is 7.25. The third kappa shape index (κ3) is 3.95. The number of ether oxygens (including phenoxy) is 1. The van der Waals surface area contributed by atoms with E-state index in [0.29, 0.717) is 11.3 Å². The zero-order valence-electron chi connectivity index (χ0n) is 13.4. The average molecular weight is 323 g/mol. The minimum Gasteiger partial charge on any atom is -0.507 e. The summed E-state index contributed by atoms with van der Waals surface area (Å²) < 4.78 is 4.71. The van der Waals surface area contributed by atoms with E-state index in [4.69, 9.17) is 4.74 Å². The molecule has 24 heavy (non-hydrogen) atoms. The Morgan fingerprint density at radius 2 is 1.67 bits per heavy atom. The summed E-state index contributed by atoms with van der Waals surface area (Å²) in [7, 11) is 1.28. The summed E-state index contributed by atoms with van der Waals surface area (Å²) in [5.74, 6) is -1.03. The number of nitrogens with zero attached hydrogens (tertiary/aromatic N) is 1. The van der Waals surface area contributed by atoms with Crippen molar-refractivity contribution < 1.29 is 19.4 Å². The maximum absolute atomic E-state index is 11.9. The summed E-state index contributed by atoms with van der Waals surface area (Å²) in [5, 5.41) is 10.3. The van der Waals surface area contributed by atoms with E-state index in [1.807, 2.05) is 6.07 Å². The van der Waals surface area contributed by atoms with Crippen LogP contribution in [0.5, 0.6) is 0 Å². The lowest BCUT2D eigenvalue weighted by atomic mass is 10.1. The number of esters is 1. The molecule has 0 aliphatic rings. The SMILES string of the molecule is COC(=O)c1ccccc1N=CC(C(C)=O)=C(O)c1ccccc1. The minimum absolute atomic E-state index is 0.0564. The minimum atomic E-state index is -0.525. The fourth-order valence-electron chi connectivity index (χ4n) is 2.07. The molecular formula is C19H17NO4. The van der Waals surface area contributed by atoms with Gasteiger partial charge in [-0.3, -0.25) is 9.79 Å². The maximum atomic E-state index is 11.9. The van der Waals surface area contributed by atoms with Crippen LogP contribution in [0.4, 0.5) is 5.69 Å². The van der Waals surface area contributed by atoms with Crippen LogP contribution in [0.25, 0.3) is 5.76 Å². The molecule has 0 aliphatic heterocycles. The van der Waals surface area contributed by atoms with E-state index in [9.17, 15) is 14.7 Å². The lowest BCUT2D eigenvalue weighted by Gasteiger charge is -2.05. The topological polar surface area (TPSA) is 76.0 Å². The molecule has 0 saturated carbocycles. The smallest absolute Gasteiger partial charge is 0.340 e. The first-order valence-corrected chi connectivity index (χ1v) is 7.25. The van der Waals surface area contributed by atoms with Crippen molar-refractivity contribution in [2.75, 3.05) is 7.11 Å². The summed E-state index contributed by atoms with van der Waals surface area (Å²) in [6.45, 7) is 1.34. The maximum Gasteiger partial charge on any atom is 0.340 e. The van der Waals surface area contributed by atoms with Crippen molar-refractivity contribution in [2.24, 2.45) is 4.99 Å². The van der Waals surface area contributed by atoms with Gasteiger partial charge in [0.05, 0.1) is 23.9 Å². The van der Waals surface area contributed by atoms with Gasteiger partial charge < -0.3 is 9.84 Å². The number of hydrogen-bond acceptors (Lipinski definition) is 5. The van der Waals surface area contributed by atoms with Gasteiger partial charge in [0.1, 0.15) is 5.76 Å². The highest BCUT2D eigenvalue weighted by Crippen LogP contribution is 2.21. The van der Waals surface area contributed by atoms with Gasteiger partial charge in [0.2, 0.25) is 0 Å². The second-order valence-electron chi connectivity index (χ2n) is 4.95. The molecule has 2 aromatic carbocycles. The normalized spacial score (nSPS) is 11.9.